The van der Waals surface area contributed by atoms with Crippen LogP contribution < -0.4 is 10.1 Å². The number of aryl methyl sites for hydroxylation is 1. The van der Waals surface area contributed by atoms with Crippen LogP contribution in [0.2, 0.25) is 0 Å². The van der Waals surface area contributed by atoms with E-state index in [9.17, 15) is 4.79 Å². The molecule has 3 aromatic rings. The first kappa shape index (κ1) is 20.5. The number of urea groups is 1. The number of para-hydroxylation sites is 2. The van der Waals surface area contributed by atoms with Crippen LogP contribution in [0.3, 0.4) is 0 Å². The quantitative estimate of drug-likeness (QED) is 0.592. The summed E-state index contributed by atoms with van der Waals surface area (Å²) < 4.78 is 8.08. The molecular weight excluding hydrogens is 364 g/mol. The number of hydrogen-bond donors (Lipinski definition) is 1. The van der Waals surface area contributed by atoms with Gasteiger partial charge in [0.1, 0.15) is 5.75 Å². The number of aromatic nitrogens is 2. The summed E-state index contributed by atoms with van der Waals surface area (Å²) in [5, 5.41) is 7.63. The molecule has 1 heterocycles. The normalized spacial score (nSPS) is 10.6. The summed E-state index contributed by atoms with van der Waals surface area (Å²) in [7, 11) is 0. The van der Waals surface area contributed by atoms with E-state index in [2.05, 4.69) is 12.2 Å². The molecule has 0 fully saturated rings. The van der Waals surface area contributed by atoms with E-state index < -0.39 is 0 Å². The summed E-state index contributed by atoms with van der Waals surface area (Å²) in [5.74, 6) is 1.36. The van der Waals surface area contributed by atoms with Gasteiger partial charge in [-0.05, 0) is 44.5 Å². The van der Waals surface area contributed by atoms with E-state index in [4.69, 9.17) is 9.84 Å². The Kier molecular flexibility index (Phi) is 6.89. The largest absolute Gasteiger partial charge is 0.439 e. The zero-order valence-electron chi connectivity index (χ0n) is 17.3. The number of hydrogen-bond acceptors (Lipinski definition) is 3. The minimum Gasteiger partial charge on any atom is -0.439 e. The number of nitrogens with one attached hydrogen (secondary N) is 1. The van der Waals surface area contributed by atoms with Crippen molar-refractivity contribution < 1.29 is 9.53 Å². The Morgan fingerprint density at radius 2 is 1.72 bits per heavy atom. The number of rotatable bonds is 8. The molecule has 0 aliphatic carbocycles. The van der Waals surface area contributed by atoms with Crippen molar-refractivity contribution in [2.24, 2.45) is 0 Å². The van der Waals surface area contributed by atoms with Gasteiger partial charge in [-0.15, -0.1) is 0 Å². The minimum absolute atomic E-state index is 0.0770. The zero-order chi connectivity index (χ0) is 20.6. The van der Waals surface area contributed by atoms with Crippen LogP contribution in [-0.2, 0) is 6.54 Å². The standard InChI is InChI=1S/C23H28N4O2/c1-4-16-26(23(28)24-5-2)17-21-18(3)25-27(19-12-8-6-9-13-19)22(21)29-20-14-10-7-11-15-20/h6-15H,4-5,16-17H2,1-3H3,(H,24,28). The predicted molar refractivity (Wildman–Crippen MR) is 115 cm³/mol. The molecule has 0 saturated heterocycles. The van der Waals surface area contributed by atoms with Crippen LogP contribution >= 0.6 is 0 Å². The SMILES string of the molecule is CCCN(Cc1c(C)nn(-c2ccccc2)c1Oc1ccccc1)C(=O)NCC. The van der Waals surface area contributed by atoms with Gasteiger partial charge in [0.2, 0.25) is 5.88 Å². The number of benzene rings is 2. The van der Waals surface area contributed by atoms with E-state index >= 15 is 0 Å². The highest BCUT2D eigenvalue weighted by molar-refractivity contribution is 5.74. The van der Waals surface area contributed by atoms with Crippen molar-refractivity contribution in [2.45, 2.75) is 33.7 Å². The summed E-state index contributed by atoms with van der Waals surface area (Å²) in [4.78, 5) is 14.3. The Morgan fingerprint density at radius 1 is 1.07 bits per heavy atom. The van der Waals surface area contributed by atoms with E-state index in [0.29, 0.717) is 25.5 Å². The van der Waals surface area contributed by atoms with Crippen molar-refractivity contribution >= 4 is 6.03 Å². The molecule has 29 heavy (non-hydrogen) atoms. The molecule has 2 aromatic carbocycles. The van der Waals surface area contributed by atoms with Crippen LogP contribution in [0.5, 0.6) is 11.6 Å². The lowest BCUT2D eigenvalue weighted by atomic mass is 10.2. The Hall–Kier alpha value is -3.28. The van der Waals surface area contributed by atoms with Gasteiger partial charge in [0, 0.05) is 13.1 Å². The number of carbonyl (C=O) groups is 1. The molecule has 1 N–H and O–H groups in total. The van der Waals surface area contributed by atoms with Gasteiger partial charge in [-0.25, -0.2) is 9.48 Å². The van der Waals surface area contributed by atoms with Crippen LogP contribution in [0, 0.1) is 6.92 Å². The molecule has 2 amide bonds. The van der Waals surface area contributed by atoms with Crippen LogP contribution in [0.25, 0.3) is 5.69 Å². The monoisotopic (exact) mass is 392 g/mol. The molecule has 0 unspecified atom stereocenters. The molecular formula is C23H28N4O2. The summed E-state index contributed by atoms with van der Waals surface area (Å²) in [6.45, 7) is 7.62. The summed E-state index contributed by atoms with van der Waals surface area (Å²) in [6.07, 6.45) is 0.873. The minimum atomic E-state index is -0.0770. The van der Waals surface area contributed by atoms with Gasteiger partial charge >= 0.3 is 6.03 Å². The Labute approximate surface area is 172 Å². The lowest BCUT2D eigenvalue weighted by molar-refractivity contribution is 0.195. The molecule has 6 nitrogen and oxygen atoms in total. The molecule has 152 valence electrons. The van der Waals surface area contributed by atoms with Gasteiger partial charge in [0.25, 0.3) is 0 Å². The molecule has 0 saturated carbocycles. The van der Waals surface area contributed by atoms with E-state index in [1.54, 1.807) is 9.58 Å². The van der Waals surface area contributed by atoms with Gasteiger partial charge in [-0.3, -0.25) is 0 Å². The highest BCUT2D eigenvalue weighted by Gasteiger charge is 2.23. The fourth-order valence-corrected chi connectivity index (χ4v) is 3.15. The molecule has 3 rings (SSSR count). The lowest BCUT2D eigenvalue weighted by Gasteiger charge is -2.22. The van der Waals surface area contributed by atoms with Crippen LogP contribution in [-0.4, -0.2) is 33.8 Å². The highest BCUT2D eigenvalue weighted by Crippen LogP contribution is 2.31. The predicted octanol–water partition coefficient (Wildman–Crippen LogP) is 4.91. The maximum atomic E-state index is 12.5. The van der Waals surface area contributed by atoms with Crippen LogP contribution in [0.15, 0.2) is 60.7 Å². The number of ether oxygens (including phenoxy) is 1. The molecule has 0 atom stereocenters. The molecule has 0 aliphatic heterocycles. The van der Waals surface area contributed by atoms with Gasteiger partial charge in [0.05, 0.1) is 23.5 Å². The van der Waals surface area contributed by atoms with Gasteiger partial charge in [0.15, 0.2) is 0 Å². The third-order valence-electron chi connectivity index (χ3n) is 4.55. The van der Waals surface area contributed by atoms with Gasteiger partial charge in [-0.2, -0.15) is 5.10 Å². The average molecular weight is 393 g/mol. The van der Waals surface area contributed by atoms with E-state index in [-0.39, 0.29) is 6.03 Å². The number of carbonyl (C=O) groups excluding carboxylic acids is 1. The molecule has 0 radical (unpaired) electrons. The second kappa shape index (κ2) is 9.78. The van der Waals surface area contributed by atoms with Crippen molar-refractivity contribution in [3.05, 3.63) is 71.9 Å². The third-order valence-corrected chi connectivity index (χ3v) is 4.55. The second-order valence-corrected chi connectivity index (χ2v) is 6.79. The van der Waals surface area contributed by atoms with Gasteiger partial charge in [-0.1, -0.05) is 43.3 Å². The molecule has 0 spiro atoms. The highest BCUT2D eigenvalue weighted by atomic mass is 16.5. The summed E-state index contributed by atoms with van der Waals surface area (Å²) >= 11 is 0. The maximum Gasteiger partial charge on any atom is 0.317 e. The first-order valence-electron chi connectivity index (χ1n) is 10.0. The number of amides is 2. The maximum absolute atomic E-state index is 12.5. The fraction of sp³-hybridized carbons (Fsp3) is 0.304. The lowest BCUT2D eigenvalue weighted by Crippen LogP contribution is -2.39. The topological polar surface area (TPSA) is 59.4 Å². The molecule has 0 aliphatic rings. The van der Waals surface area contributed by atoms with Crippen molar-refractivity contribution in [3.8, 4) is 17.3 Å². The third kappa shape index (κ3) is 4.96. The smallest absolute Gasteiger partial charge is 0.317 e. The number of nitrogens with zero attached hydrogens (tertiary/aromatic N) is 3. The first-order chi connectivity index (χ1) is 14.1. The van der Waals surface area contributed by atoms with E-state index in [1.165, 1.54) is 0 Å². The zero-order valence-corrected chi connectivity index (χ0v) is 17.3. The Morgan fingerprint density at radius 3 is 2.34 bits per heavy atom. The second-order valence-electron chi connectivity index (χ2n) is 6.79. The molecule has 0 bridgehead atoms. The molecule has 6 heteroatoms. The van der Waals surface area contributed by atoms with E-state index in [0.717, 1.165) is 29.1 Å². The van der Waals surface area contributed by atoms with Gasteiger partial charge < -0.3 is 15.0 Å². The fourth-order valence-electron chi connectivity index (χ4n) is 3.15. The first-order valence-corrected chi connectivity index (χ1v) is 10.0. The van der Waals surface area contributed by atoms with Crippen molar-refractivity contribution in [2.75, 3.05) is 13.1 Å². The Bertz CT molecular complexity index is 923. The van der Waals surface area contributed by atoms with Crippen LogP contribution in [0.4, 0.5) is 4.79 Å². The summed E-state index contributed by atoms with van der Waals surface area (Å²) in [5.41, 5.74) is 2.65. The summed E-state index contributed by atoms with van der Waals surface area (Å²) in [6, 6.07) is 19.4. The van der Waals surface area contributed by atoms with E-state index in [1.807, 2.05) is 74.5 Å². The van der Waals surface area contributed by atoms with Crippen molar-refractivity contribution in [1.82, 2.24) is 20.0 Å². The average Bonchev–Trinajstić information content (AvgIpc) is 3.04. The van der Waals surface area contributed by atoms with Crippen molar-refractivity contribution in [3.63, 3.8) is 0 Å². The Balaban J connectivity index is 2.03. The molecule has 1 aromatic heterocycles. The van der Waals surface area contributed by atoms with Crippen molar-refractivity contribution in [1.29, 1.82) is 0 Å². The van der Waals surface area contributed by atoms with Crippen LogP contribution in [0.1, 0.15) is 31.5 Å².